The van der Waals surface area contributed by atoms with Gasteiger partial charge in [-0.1, -0.05) is 19.9 Å². The van der Waals surface area contributed by atoms with E-state index in [9.17, 15) is 0 Å². The monoisotopic (exact) mass is 377 g/mol. The molecule has 0 unspecified atom stereocenters. The summed E-state index contributed by atoms with van der Waals surface area (Å²) in [5, 5.41) is 0. The van der Waals surface area contributed by atoms with Crippen LogP contribution in [-0.2, 0) is 0 Å². The molecule has 0 saturated heterocycles. The van der Waals surface area contributed by atoms with Crippen LogP contribution in [0.1, 0.15) is 25.0 Å². The first kappa shape index (κ1) is 18.2. The van der Waals surface area contributed by atoms with E-state index in [1.807, 2.05) is 56.3 Å². The molecule has 0 atom stereocenters. The molecule has 2 aliphatic rings. The summed E-state index contributed by atoms with van der Waals surface area (Å²) < 4.78 is 21.9. The number of aryl methyl sites for hydroxylation is 2. The quantitative estimate of drug-likeness (QED) is 0.589. The molecule has 144 valence electrons. The van der Waals surface area contributed by atoms with Crippen molar-refractivity contribution in [2.75, 3.05) is 13.6 Å². The van der Waals surface area contributed by atoms with Gasteiger partial charge in [0.25, 0.3) is 0 Å². The molecule has 1 aromatic heterocycles. The maximum atomic E-state index is 5.52. The van der Waals surface area contributed by atoms with Crippen LogP contribution in [0.2, 0.25) is 0 Å². The Morgan fingerprint density at radius 3 is 1.46 bits per heavy atom. The largest absolute Gasteiger partial charge is 0.454 e. The predicted octanol–water partition coefficient (Wildman–Crippen LogP) is 5.52. The van der Waals surface area contributed by atoms with Crippen LogP contribution in [0.4, 0.5) is 0 Å². The molecule has 0 spiro atoms. The maximum Gasteiger partial charge on any atom is 0.231 e. The molecule has 5 nitrogen and oxygen atoms in total. The Morgan fingerprint density at radius 2 is 1.04 bits per heavy atom. The third-order valence-electron chi connectivity index (χ3n) is 4.74. The Morgan fingerprint density at radius 1 is 0.643 bits per heavy atom. The van der Waals surface area contributed by atoms with Gasteiger partial charge in [-0.15, -0.1) is 0 Å². The van der Waals surface area contributed by atoms with Gasteiger partial charge in [-0.2, -0.15) is 0 Å². The van der Waals surface area contributed by atoms with Gasteiger partial charge in [0.15, 0.2) is 23.0 Å². The van der Waals surface area contributed by atoms with Crippen molar-refractivity contribution in [2.45, 2.75) is 27.7 Å². The van der Waals surface area contributed by atoms with Crippen LogP contribution in [0.15, 0.2) is 42.5 Å². The van der Waals surface area contributed by atoms with Gasteiger partial charge in [0.1, 0.15) is 0 Å². The highest BCUT2D eigenvalue weighted by Gasteiger charge is 2.19. The molecule has 0 aliphatic carbocycles. The van der Waals surface area contributed by atoms with Gasteiger partial charge in [0.05, 0.1) is 11.4 Å². The number of nitrogens with zero attached hydrogens (tertiary/aromatic N) is 1. The highest BCUT2D eigenvalue weighted by molar-refractivity contribution is 5.73. The Bertz CT molecular complexity index is 951. The third kappa shape index (κ3) is 3.13. The number of ether oxygens (including phenoxy) is 4. The standard InChI is InChI=1S/C21H17NO4.C2H6/c1-12-6-18-20(25-10-23-18)8-14(12)16-4-3-5-17(22-16)15-9-21-19(7-13(15)2)24-11-26-21;1-2/h3-9H,10-11H2,1-2H3;1-2H3. The lowest BCUT2D eigenvalue weighted by Gasteiger charge is -2.11. The van der Waals surface area contributed by atoms with Crippen LogP contribution in [0, 0.1) is 13.8 Å². The Hall–Kier alpha value is -3.21. The predicted molar refractivity (Wildman–Crippen MR) is 108 cm³/mol. The number of benzene rings is 2. The van der Waals surface area contributed by atoms with E-state index >= 15 is 0 Å². The smallest absolute Gasteiger partial charge is 0.231 e. The second-order valence-corrected chi connectivity index (χ2v) is 6.45. The molecule has 28 heavy (non-hydrogen) atoms. The minimum absolute atomic E-state index is 0.266. The summed E-state index contributed by atoms with van der Waals surface area (Å²) >= 11 is 0. The van der Waals surface area contributed by atoms with E-state index in [0.717, 1.165) is 56.6 Å². The minimum Gasteiger partial charge on any atom is -0.454 e. The number of pyridine rings is 1. The van der Waals surface area contributed by atoms with Crippen molar-refractivity contribution in [1.29, 1.82) is 0 Å². The fraction of sp³-hybridized carbons (Fsp3) is 0.261. The zero-order chi connectivity index (χ0) is 19.7. The zero-order valence-electron chi connectivity index (χ0n) is 16.5. The molecule has 0 radical (unpaired) electrons. The van der Waals surface area contributed by atoms with Crippen molar-refractivity contribution >= 4 is 0 Å². The van der Waals surface area contributed by atoms with E-state index < -0.39 is 0 Å². The van der Waals surface area contributed by atoms with Gasteiger partial charge in [0, 0.05) is 11.1 Å². The summed E-state index contributed by atoms with van der Waals surface area (Å²) in [5.41, 5.74) is 6.07. The molecule has 2 aromatic carbocycles. The molecule has 0 N–H and O–H groups in total. The fourth-order valence-corrected chi connectivity index (χ4v) is 3.37. The molecule has 5 rings (SSSR count). The molecule has 0 saturated carbocycles. The lowest BCUT2D eigenvalue weighted by Crippen LogP contribution is -1.93. The Labute approximate surface area is 164 Å². The second-order valence-electron chi connectivity index (χ2n) is 6.45. The molecular weight excluding hydrogens is 354 g/mol. The van der Waals surface area contributed by atoms with Gasteiger partial charge in [-0.25, -0.2) is 4.98 Å². The van der Waals surface area contributed by atoms with Crippen LogP contribution in [0.25, 0.3) is 22.5 Å². The molecular formula is C23H23NO4. The number of rotatable bonds is 2. The van der Waals surface area contributed by atoms with Crippen molar-refractivity contribution in [3.05, 3.63) is 53.6 Å². The van der Waals surface area contributed by atoms with E-state index in [-0.39, 0.29) is 13.6 Å². The van der Waals surface area contributed by atoms with Crippen LogP contribution in [-0.4, -0.2) is 18.6 Å². The van der Waals surface area contributed by atoms with E-state index in [1.165, 1.54) is 0 Å². The van der Waals surface area contributed by atoms with Crippen LogP contribution in [0.3, 0.4) is 0 Å². The highest BCUT2D eigenvalue weighted by atomic mass is 16.7. The topological polar surface area (TPSA) is 49.8 Å². The van der Waals surface area contributed by atoms with Gasteiger partial charge < -0.3 is 18.9 Å². The summed E-state index contributed by atoms with van der Waals surface area (Å²) in [5.74, 6) is 3.09. The first-order valence-electron chi connectivity index (χ1n) is 9.47. The minimum atomic E-state index is 0.266. The fourth-order valence-electron chi connectivity index (χ4n) is 3.37. The molecule has 0 amide bonds. The van der Waals surface area contributed by atoms with Gasteiger partial charge >= 0.3 is 0 Å². The number of aromatic nitrogens is 1. The van der Waals surface area contributed by atoms with Crippen molar-refractivity contribution < 1.29 is 18.9 Å². The van der Waals surface area contributed by atoms with E-state index in [1.54, 1.807) is 0 Å². The first-order chi connectivity index (χ1) is 13.7. The summed E-state index contributed by atoms with van der Waals surface area (Å²) in [6.07, 6.45) is 0. The van der Waals surface area contributed by atoms with Crippen LogP contribution >= 0.6 is 0 Å². The molecule has 5 heteroatoms. The summed E-state index contributed by atoms with van der Waals surface area (Å²) in [7, 11) is 0. The summed E-state index contributed by atoms with van der Waals surface area (Å²) in [4.78, 5) is 4.89. The number of hydrogen-bond donors (Lipinski definition) is 0. The van der Waals surface area contributed by atoms with E-state index in [2.05, 4.69) is 13.8 Å². The highest BCUT2D eigenvalue weighted by Crippen LogP contribution is 2.40. The summed E-state index contributed by atoms with van der Waals surface area (Å²) in [6.45, 7) is 8.64. The Balaban J connectivity index is 0.000000932. The van der Waals surface area contributed by atoms with E-state index in [0.29, 0.717) is 0 Å². The number of hydrogen-bond acceptors (Lipinski definition) is 5. The lowest BCUT2D eigenvalue weighted by atomic mass is 10.0. The zero-order valence-corrected chi connectivity index (χ0v) is 16.5. The average Bonchev–Trinajstić information content (AvgIpc) is 3.36. The maximum absolute atomic E-state index is 5.52. The van der Waals surface area contributed by atoms with Crippen molar-refractivity contribution in [1.82, 2.24) is 4.98 Å². The van der Waals surface area contributed by atoms with Crippen molar-refractivity contribution in [3.8, 4) is 45.5 Å². The normalized spacial score (nSPS) is 13.1. The summed E-state index contributed by atoms with van der Waals surface area (Å²) in [6, 6.07) is 14.0. The first-order valence-corrected chi connectivity index (χ1v) is 9.47. The molecule has 0 bridgehead atoms. The lowest BCUT2D eigenvalue weighted by molar-refractivity contribution is 0.173. The van der Waals surface area contributed by atoms with Crippen LogP contribution < -0.4 is 18.9 Å². The van der Waals surface area contributed by atoms with Gasteiger partial charge in [0.2, 0.25) is 13.6 Å². The van der Waals surface area contributed by atoms with Crippen molar-refractivity contribution in [3.63, 3.8) is 0 Å². The third-order valence-corrected chi connectivity index (χ3v) is 4.74. The molecule has 3 heterocycles. The molecule has 2 aliphatic heterocycles. The molecule has 0 fully saturated rings. The van der Waals surface area contributed by atoms with Gasteiger partial charge in [-0.3, -0.25) is 0 Å². The van der Waals surface area contributed by atoms with Gasteiger partial charge in [-0.05, 0) is 61.4 Å². The molecule has 3 aromatic rings. The average molecular weight is 377 g/mol. The van der Waals surface area contributed by atoms with E-state index in [4.69, 9.17) is 23.9 Å². The SMILES string of the molecule is CC.Cc1cc2c(cc1-c1cccc(-c3cc4c(cc3C)OCO4)n1)OCO2. The number of fused-ring (bicyclic) bond motifs is 2. The second kappa shape index (κ2) is 7.43. The van der Waals surface area contributed by atoms with Crippen LogP contribution in [0.5, 0.6) is 23.0 Å². The Kier molecular flexibility index (Phi) is 4.82. The van der Waals surface area contributed by atoms with Crippen molar-refractivity contribution in [2.24, 2.45) is 0 Å².